The molecule has 0 radical (unpaired) electrons. The summed E-state index contributed by atoms with van der Waals surface area (Å²) >= 11 is 2.78. The van der Waals surface area contributed by atoms with Gasteiger partial charge < -0.3 is 15.3 Å². The van der Waals surface area contributed by atoms with Gasteiger partial charge in [0.2, 0.25) is 0 Å². The Kier molecular flexibility index (Phi) is 4.48. The van der Waals surface area contributed by atoms with Crippen molar-refractivity contribution in [2.24, 2.45) is 5.92 Å². The number of rotatable bonds is 5. The van der Waals surface area contributed by atoms with Gasteiger partial charge in [0.15, 0.2) is 5.13 Å². The first kappa shape index (κ1) is 15.7. The van der Waals surface area contributed by atoms with Crippen molar-refractivity contribution >= 4 is 49.2 Å². The highest BCUT2D eigenvalue weighted by Crippen LogP contribution is 2.33. The molecule has 0 saturated carbocycles. The highest BCUT2D eigenvalue weighted by molar-refractivity contribution is 7.29. The van der Waals surface area contributed by atoms with Gasteiger partial charge in [-0.3, -0.25) is 4.79 Å². The van der Waals surface area contributed by atoms with Crippen molar-refractivity contribution in [2.45, 2.75) is 19.9 Å². The number of thiophene rings is 1. The van der Waals surface area contributed by atoms with Crippen LogP contribution in [0.3, 0.4) is 0 Å². The third-order valence-corrected chi connectivity index (χ3v) is 5.23. The third kappa shape index (κ3) is 3.33. The fraction of sp³-hybridized carbons (Fsp3) is 0.462. The summed E-state index contributed by atoms with van der Waals surface area (Å²) in [6, 6.07) is 0.877. The molecule has 21 heavy (non-hydrogen) atoms. The molecule has 2 aromatic rings. The standard InChI is InChI=1S/C13H17N3O3S2/c1-6(2)9(12(18)19)14-10(17)7-5-8-11(20-7)15-13(21-8)16(3)4/h5-6,9H,1-4H3,(H,14,17)(H,18,19)/t9-/m0/s1. The molecule has 0 bridgehead atoms. The maximum absolute atomic E-state index is 12.2. The van der Waals surface area contributed by atoms with Crippen molar-refractivity contribution in [3.05, 3.63) is 10.9 Å². The third-order valence-electron chi connectivity index (χ3n) is 2.90. The van der Waals surface area contributed by atoms with Crippen molar-refractivity contribution in [3.63, 3.8) is 0 Å². The van der Waals surface area contributed by atoms with Crippen LogP contribution in [-0.4, -0.2) is 42.1 Å². The molecule has 114 valence electrons. The van der Waals surface area contributed by atoms with Crippen LogP contribution in [0.15, 0.2) is 6.07 Å². The number of carboxylic acids is 1. The van der Waals surface area contributed by atoms with E-state index in [1.54, 1.807) is 19.9 Å². The number of thiazole rings is 1. The van der Waals surface area contributed by atoms with Crippen LogP contribution >= 0.6 is 22.7 Å². The van der Waals surface area contributed by atoms with Crippen molar-refractivity contribution in [1.29, 1.82) is 0 Å². The summed E-state index contributed by atoms with van der Waals surface area (Å²) in [6.07, 6.45) is 0. The fourth-order valence-electron chi connectivity index (χ4n) is 1.75. The first-order chi connectivity index (χ1) is 9.79. The molecule has 0 aliphatic carbocycles. The van der Waals surface area contributed by atoms with Crippen LogP contribution in [0.1, 0.15) is 23.5 Å². The van der Waals surface area contributed by atoms with Crippen molar-refractivity contribution in [1.82, 2.24) is 10.3 Å². The van der Waals surface area contributed by atoms with E-state index in [4.69, 9.17) is 5.11 Å². The van der Waals surface area contributed by atoms with Gasteiger partial charge in [-0.15, -0.1) is 11.3 Å². The molecule has 0 spiro atoms. The smallest absolute Gasteiger partial charge is 0.326 e. The van der Waals surface area contributed by atoms with Gasteiger partial charge in [-0.25, -0.2) is 9.78 Å². The highest BCUT2D eigenvalue weighted by atomic mass is 32.1. The lowest BCUT2D eigenvalue weighted by atomic mass is 10.0. The van der Waals surface area contributed by atoms with Crippen LogP contribution in [0.2, 0.25) is 0 Å². The number of nitrogens with one attached hydrogen (secondary N) is 1. The molecule has 2 heterocycles. The van der Waals surface area contributed by atoms with E-state index in [0.717, 1.165) is 14.7 Å². The average Bonchev–Trinajstić information content (AvgIpc) is 2.92. The van der Waals surface area contributed by atoms with Gasteiger partial charge in [0.25, 0.3) is 5.91 Å². The average molecular weight is 327 g/mol. The molecule has 0 aromatic carbocycles. The van der Waals surface area contributed by atoms with Gasteiger partial charge in [0.1, 0.15) is 10.9 Å². The number of aliphatic carboxylic acids is 1. The van der Waals surface area contributed by atoms with Crippen molar-refractivity contribution in [3.8, 4) is 0 Å². The first-order valence-corrected chi connectivity index (χ1v) is 8.04. The second-order valence-corrected chi connectivity index (χ2v) is 7.24. The monoisotopic (exact) mass is 327 g/mol. The lowest BCUT2D eigenvalue weighted by Gasteiger charge is -2.17. The number of carbonyl (C=O) groups excluding carboxylic acids is 1. The van der Waals surface area contributed by atoms with E-state index in [2.05, 4.69) is 10.3 Å². The Labute approximate surface area is 130 Å². The minimum atomic E-state index is -1.02. The molecule has 1 amide bonds. The summed E-state index contributed by atoms with van der Waals surface area (Å²) < 4.78 is 0.935. The van der Waals surface area contributed by atoms with Crippen LogP contribution in [-0.2, 0) is 4.79 Å². The van der Waals surface area contributed by atoms with Gasteiger partial charge >= 0.3 is 5.97 Å². The minimum absolute atomic E-state index is 0.175. The van der Waals surface area contributed by atoms with Crippen LogP contribution in [0.25, 0.3) is 9.53 Å². The molecule has 2 N–H and O–H groups in total. The zero-order valence-electron chi connectivity index (χ0n) is 12.2. The molecule has 0 unspecified atom stereocenters. The summed E-state index contributed by atoms with van der Waals surface area (Å²) in [5.41, 5.74) is 0. The number of amides is 1. The van der Waals surface area contributed by atoms with Gasteiger partial charge in [0, 0.05) is 14.1 Å². The Hall–Kier alpha value is -1.67. The molecule has 2 rings (SSSR count). The lowest BCUT2D eigenvalue weighted by molar-refractivity contribution is -0.140. The second-order valence-electron chi connectivity index (χ2n) is 5.20. The Morgan fingerprint density at radius 3 is 2.48 bits per heavy atom. The van der Waals surface area contributed by atoms with E-state index >= 15 is 0 Å². The molecule has 0 aliphatic heterocycles. The van der Waals surface area contributed by atoms with Crippen LogP contribution in [0.4, 0.5) is 5.13 Å². The SMILES string of the molecule is CC(C)[C@H](NC(=O)c1cc2sc(N(C)C)nc2s1)C(=O)O. The van der Waals surface area contributed by atoms with Crippen LogP contribution in [0, 0.1) is 5.92 Å². The zero-order valence-corrected chi connectivity index (χ0v) is 13.8. The Morgan fingerprint density at radius 2 is 2.00 bits per heavy atom. The summed E-state index contributed by atoms with van der Waals surface area (Å²) in [6.45, 7) is 3.52. The minimum Gasteiger partial charge on any atom is -0.480 e. The van der Waals surface area contributed by atoms with E-state index in [9.17, 15) is 9.59 Å². The molecule has 1 atom stereocenters. The molecular weight excluding hydrogens is 310 g/mol. The number of hydrogen-bond acceptors (Lipinski definition) is 6. The fourth-order valence-corrected chi connectivity index (χ4v) is 3.79. The molecular formula is C13H17N3O3S2. The summed E-state index contributed by atoms with van der Waals surface area (Å²) in [5.74, 6) is -1.56. The van der Waals surface area contributed by atoms with Gasteiger partial charge in [0.05, 0.1) is 9.58 Å². The zero-order chi connectivity index (χ0) is 15.7. The maximum atomic E-state index is 12.2. The van der Waals surface area contributed by atoms with Crippen molar-refractivity contribution in [2.75, 3.05) is 19.0 Å². The number of aromatic nitrogens is 1. The number of nitrogens with zero attached hydrogens (tertiary/aromatic N) is 2. The molecule has 8 heteroatoms. The summed E-state index contributed by atoms with van der Waals surface area (Å²) in [4.78, 5) is 30.9. The van der Waals surface area contributed by atoms with E-state index in [-0.39, 0.29) is 11.8 Å². The van der Waals surface area contributed by atoms with E-state index < -0.39 is 12.0 Å². The van der Waals surface area contributed by atoms with E-state index in [0.29, 0.717) is 4.88 Å². The molecule has 0 aliphatic rings. The lowest BCUT2D eigenvalue weighted by Crippen LogP contribution is -2.44. The second kappa shape index (κ2) is 5.98. The number of anilines is 1. The first-order valence-electron chi connectivity index (χ1n) is 6.41. The number of carbonyl (C=O) groups is 2. The maximum Gasteiger partial charge on any atom is 0.326 e. The quantitative estimate of drug-likeness (QED) is 0.880. The Morgan fingerprint density at radius 1 is 1.33 bits per heavy atom. The molecule has 6 nitrogen and oxygen atoms in total. The summed E-state index contributed by atoms with van der Waals surface area (Å²) in [7, 11) is 3.83. The molecule has 0 fully saturated rings. The highest BCUT2D eigenvalue weighted by Gasteiger charge is 2.25. The summed E-state index contributed by atoms with van der Waals surface area (Å²) in [5, 5.41) is 12.6. The van der Waals surface area contributed by atoms with Gasteiger partial charge in [-0.2, -0.15) is 0 Å². The molecule has 0 saturated heterocycles. The predicted molar refractivity (Wildman–Crippen MR) is 85.6 cm³/mol. The Balaban J connectivity index is 2.19. The molecule has 2 aromatic heterocycles. The van der Waals surface area contributed by atoms with Crippen molar-refractivity contribution < 1.29 is 14.7 Å². The van der Waals surface area contributed by atoms with Crippen LogP contribution in [0.5, 0.6) is 0 Å². The van der Waals surface area contributed by atoms with E-state index in [1.807, 2.05) is 19.0 Å². The predicted octanol–water partition coefficient (Wildman–Crippen LogP) is 2.26. The van der Waals surface area contributed by atoms with E-state index in [1.165, 1.54) is 22.7 Å². The topological polar surface area (TPSA) is 82.5 Å². The number of carboxylic acid groups (broad SMARTS) is 1. The number of fused-ring (bicyclic) bond motifs is 1. The number of hydrogen-bond donors (Lipinski definition) is 2. The van der Waals surface area contributed by atoms with Crippen LogP contribution < -0.4 is 10.2 Å². The van der Waals surface area contributed by atoms with Gasteiger partial charge in [-0.05, 0) is 12.0 Å². The Bertz CT molecular complexity index is 644. The normalized spacial score (nSPS) is 12.6. The largest absolute Gasteiger partial charge is 0.480 e. The van der Waals surface area contributed by atoms with Gasteiger partial charge in [-0.1, -0.05) is 25.2 Å².